The number of benzene rings is 1. The Labute approximate surface area is 135 Å². The second kappa shape index (κ2) is 6.44. The zero-order chi connectivity index (χ0) is 15.5. The van der Waals surface area contributed by atoms with Crippen molar-refractivity contribution in [2.24, 2.45) is 0 Å². The summed E-state index contributed by atoms with van der Waals surface area (Å²) in [6, 6.07) is 5.12. The van der Waals surface area contributed by atoms with E-state index in [-0.39, 0.29) is 17.8 Å². The Hall–Kier alpha value is -1.95. The van der Waals surface area contributed by atoms with E-state index in [2.05, 4.69) is 15.9 Å². The SMILES string of the molecule is Cc1cc(=O)c(OCc2cc3c(cc2Br)OCCCO3)co1. The normalized spacial score (nSPS) is 13.5. The number of hydrogen-bond donors (Lipinski definition) is 0. The highest BCUT2D eigenvalue weighted by atomic mass is 79.9. The van der Waals surface area contributed by atoms with Gasteiger partial charge in [-0.3, -0.25) is 4.79 Å². The van der Waals surface area contributed by atoms with Crippen LogP contribution in [0.4, 0.5) is 0 Å². The molecule has 116 valence electrons. The summed E-state index contributed by atoms with van der Waals surface area (Å²) in [4.78, 5) is 11.8. The molecule has 0 saturated heterocycles. The maximum Gasteiger partial charge on any atom is 0.226 e. The van der Waals surface area contributed by atoms with E-state index >= 15 is 0 Å². The van der Waals surface area contributed by atoms with Gasteiger partial charge in [-0.25, -0.2) is 0 Å². The highest BCUT2D eigenvalue weighted by molar-refractivity contribution is 9.10. The van der Waals surface area contributed by atoms with Crippen LogP contribution >= 0.6 is 15.9 Å². The van der Waals surface area contributed by atoms with Crippen LogP contribution in [0.25, 0.3) is 0 Å². The van der Waals surface area contributed by atoms with E-state index in [0.29, 0.717) is 30.5 Å². The van der Waals surface area contributed by atoms with Gasteiger partial charge in [-0.15, -0.1) is 0 Å². The first-order valence-electron chi connectivity index (χ1n) is 6.94. The third-order valence-corrected chi connectivity index (χ3v) is 3.97. The predicted molar refractivity (Wildman–Crippen MR) is 83.8 cm³/mol. The minimum Gasteiger partial charge on any atom is -0.490 e. The molecule has 0 aliphatic carbocycles. The maximum atomic E-state index is 11.8. The summed E-state index contributed by atoms with van der Waals surface area (Å²) in [6.45, 7) is 3.20. The van der Waals surface area contributed by atoms with Gasteiger partial charge in [0.15, 0.2) is 11.5 Å². The lowest BCUT2D eigenvalue weighted by atomic mass is 10.2. The van der Waals surface area contributed by atoms with Gasteiger partial charge in [-0.05, 0) is 19.1 Å². The summed E-state index contributed by atoms with van der Waals surface area (Å²) < 4.78 is 22.8. The molecule has 0 unspecified atom stereocenters. The molecule has 1 aromatic heterocycles. The average Bonchev–Trinajstić information content (AvgIpc) is 2.71. The lowest BCUT2D eigenvalue weighted by molar-refractivity contribution is 0.287. The van der Waals surface area contributed by atoms with Crippen molar-refractivity contribution in [3.8, 4) is 17.2 Å². The Morgan fingerprint density at radius 1 is 1.18 bits per heavy atom. The highest BCUT2D eigenvalue weighted by Gasteiger charge is 2.14. The molecule has 1 aromatic carbocycles. The van der Waals surface area contributed by atoms with Crippen molar-refractivity contribution in [1.29, 1.82) is 0 Å². The van der Waals surface area contributed by atoms with Gasteiger partial charge < -0.3 is 18.6 Å². The number of halogens is 1. The van der Waals surface area contributed by atoms with Gasteiger partial charge in [0.1, 0.15) is 18.6 Å². The molecule has 0 spiro atoms. The van der Waals surface area contributed by atoms with Gasteiger partial charge in [-0.1, -0.05) is 15.9 Å². The largest absolute Gasteiger partial charge is 0.490 e. The van der Waals surface area contributed by atoms with Crippen molar-refractivity contribution in [3.63, 3.8) is 0 Å². The first kappa shape index (κ1) is 15.0. The molecule has 0 amide bonds. The van der Waals surface area contributed by atoms with Crippen molar-refractivity contribution in [2.75, 3.05) is 13.2 Å². The maximum absolute atomic E-state index is 11.8. The van der Waals surface area contributed by atoms with E-state index in [1.165, 1.54) is 12.3 Å². The van der Waals surface area contributed by atoms with Crippen molar-refractivity contribution >= 4 is 15.9 Å². The van der Waals surface area contributed by atoms with Crippen LogP contribution < -0.4 is 19.6 Å². The topological polar surface area (TPSA) is 57.9 Å². The molecule has 1 aliphatic rings. The molecule has 0 radical (unpaired) electrons. The summed E-state index contributed by atoms with van der Waals surface area (Å²) in [5, 5.41) is 0. The molecule has 22 heavy (non-hydrogen) atoms. The smallest absolute Gasteiger partial charge is 0.226 e. The van der Waals surface area contributed by atoms with Gasteiger partial charge in [0, 0.05) is 22.5 Å². The van der Waals surface area contributed by atoms with Crippen LogP contribution in [-0.4, -0.2) is 13.2 Å². The molecule has 0 saturated carbocycles. The standard InChI is InChI=1S/C16H15BrO5/c1-10-5-13(18)16(9-21-10)22-8-11-6-14-15(7-12(11)17)20-4-2-3-19-14/h5-7,9H,2-4,8H2,1H3. The van der Waals surface area contributed by atoms with Crippen LogP contribution in [0.3, 0.4) is 0 Å². The van der Waals surface area contributed by atoms with E-state index in [9.17, 15) is 4.79 Å². The molecular weight excluding hydrogens is 352 g/mol. The molecular formula is C16H15BrO5. The lowest BCUT2D eigenvalue weighted by Gasteiger charge is -2.12. The monoisotopic (exact) mass is 366 g/mol. The van der Waals surface area contributed by atoms with Gasteiger partial charge in [0.05, 0.1) is 13.2 Å². The highest BCUT2D eigenvalue weighted by Crippen LogP contribution is 2.35. The minimum absolute atomic E-state index is 0.185. The number of hydrogen-bond acceptors (Lipinski definition) is 5. The zero-order valence-corrected chi connectivity index (χ0v) is 13.6. The summed E-state index contributed by atoms with van der Waals surface area (Å²) in [6.07, 6.45) is 2.18. The molecule has 2 aromatic rings. The summed E-state index contributed by atoms with van der Waals surface area (Å²) in [5.74, 6) is 2.14. The fraction of sp³-hybridized carbons (Fsp3) is 0.312. The molecule has 0 fully saturated rings. The summed E-state index contributed by atoms with van der Waals surface area (Å²) in [5.41, 5.74) is 0.665. The van der Waals surface area contributed by atoms with Crippen LogP contribution in [-0.2, 0) is 6.61 Å². The fourth-order valence-electron chi connectivity index (χ4n) is 2.09. The molecule has 2 heterocycles. The van der Waals surface area contributed by atoms with E-state index in [0.717, 1.165) is 16.5 Å². The van der Waals surface area contributed by atoms with Crippen LogP contribution in [0.2, 0.25) is 0 Å². The predicted octanol–water partition coefficient (Wildman–Crippen LogP) is 3.45. The van der Waals surface area contributed by atoms with Crippen molar-refractivity contribution in [1.82, 2.24) is 0 Å². The molecule has 3 rings (SSSR count). The van der Waals surface area contributed by atoms with Crippen LogP contribution in [0, 0.1) is 6.92 Å². The average molecular weight is 367 g/mol. The Kier molecular flexibility index (Phi) is 4.38. The third kappa shape index (κ3) is 3.27. The Balaban J connectivity index is 1.80. The van der Waals surface area contributed by atoms with E-state index in [1.54, 1.807) is 6.92 Å². The Morgan fingerprint density at radius 3 is 2.64 bits per heavy atom. The van der Waals surface area contributed by atoms with Crippen molar-refractivity contribution in [2.45, 2.75) is 20.0 Å². The van der Waals surface area contributed by atoms with Crippen LogP contribution in [0.15, 0.2) is 38.1 Å². The van der Waals surface area contributed by atoms with Gasteiger partial charge >= 0.3 is 0 Å². The van der Waals surface area contributed by atoms with Crippen molar-refractivity contribution < 1.29 is 18.6 Å². The van der Waals surface area contributed by atoms with E-state index in [1.807, 2.05) is 12.1 Å². The first-order valence-corrected chi connectivity index (χ1v) is 7.73. The summed E-state index contributed by atoms with van der Waals surface area (Å²) in [7, 11) is 0. The Bertz CT molecular complexity index is 738. The van der Waals surface area contributed by atoms with E-state index in [4.69, 9.17) is 18.6 Å². The minimum atomic E-state index is -0.200. The third-order valence-electron chi connectivity index (χ3n) is 3.23. The Morgan fingerprint density at radius 2 is 1.91 bits per heavy atom. The number of rotatable bonds is 3. The van der Waals surface area contributed by atoms with Gasteiger partial charge in [0.2, 0.25) is 11.2 Å². The second-order valence-electron chi connectivity index (χ2n) is 4.95. The first-order chi connectivity index (χ1) is 10.6. The molecule has 0 bridgehead atoms. The number of fused-ring (bicyclic) bond motifs is 1. The van der Waals surface area contributed by atoms with Gasteiger partial charge in [0.25, 0.3) is 0 Å². The van der Waals surface area contributed by atoms with Crippen LogP contribution in [0.5, 0.6) is 17.2 Å². The molecule has 5 nitrogen and oxygen atoms in total. The van der Waals surface area contributed by atoms with Gasteiger partial charge in [-0.2, -0.15) is 0 Å². The van der Waals surface area contributed by atoms with Crippen LogP contribution in [0.1, 0.15) is 17.7 Å². The quantitative estimate of drug-likeness (QED) is 0.832. The molecule has 1 aliphatic heterocycles. The number of ether oxygens (including phenoxy) is 3. The molecule has 0 N–H and O–H groups in total. The van der Waals surface area contributed by atoms with E-state index < -0.39 is 0 Å². The molecule has 6 heteroatoms. The summed E-state index contributed by atoms with van der Waals surface area (Å²) >= 11 is 3.49. The fourth-order valence-corrected chi connectivity index (χ4v) is 2.53. The number of aryl methyl sites for hydroxylation is 1. The molecule has 0 atom stereocenters. The zero-order valence-electron chi connectivity index (χ0n) is 12.1. The second-order valence-corrected chi connectivity index (χ2v) is 5.80. The lowest BCUT2D eigenvalue weighted by Crippen LogP contribution is -2.07. The van der Waals surface area contributed by atoms with Crippen molar-refractivity contribution in [3.05, 3.63) is 50.5 Å².